The minimum absolute atomic E-state index is 0.126. The van der Waals surface area contributed by atoms with Crippen molar-refractivity contribution in [2.24, 2.45) is 5.92 Å². The highest BCUT2D eigenvalue weighted by molar-refractivity contribution is 6.30. The summed E-state index contributed by atoms with van der Waals surface area (Å²) < 4.78 is 24.9. The van der Waals surface area contributed by atoms with Crippen LogP contribution in [-0.4, -0.2) is 19.5 Å². The summed E-state index contributed by atoms with van der Waals surface area (Å²) in [4.78, 5) is 0. The zero-order valence-corrected chi connectivity index (χ0v) is 15.6. The molecule has 0 amide bonds. The quantitative estimate of drug-likeness (QED) is 0.643. The van der Waals surface area contributed by atoms with E-state index >= 15 is 0 Å². The van der Waals surface area contributed by atoms with E-state index in [0.717, 1.165) is 23.1 Å². The first-order valence-electron chi connectivity index (χ1n) is 8.96. The van der Waals surface area contributed by atoms with E-state index in [-0.39, 0.29) is 5.02 Å². The average Bonchev–Trinajstić information content (AvgIpc) is 2.68. The van der Waals surface area contributed by atoms with Gasteiger partial charge in [-0.25, -0.2) is 4.39 Å². The Morgan fingerprint density at radius 2 is 1.77 bits per heavy atom. The van der Waals surface area contributed by atoms with Crippen LogP contribution >= 0.6 is 11.6 Å². The summed E-state index contributed by atoms with van der Waals surface area (Å²) in [5.74, 6) is 6.15. The molecule has 3 rings (SSSR count). The van der Waals surface area contributed by atoms with Crippen molar-refractivity contribution in [1.82, 2.24) is 0 Å². The fraction of sp³-hybridized carbons (Fsp3) is 0.364. The molecule has 0 spiro atoms. The van der Waals surface area contributed by atoms with Crippen LogP contribution in [-0.2, 0) is 9.47 Å². The van der Waals surface area contributed by atoms with Gasteiger partial charge < -0.3 is 9.47 Å². The Morgan fingerprint density at radius 3 is 2.42 bits per heavy atom. The Balaban J connectivity index is 1.58. The fourth-order valence-electron chi connectivity index (χ4n) is 2.85. The molecule has 1 fully saturated rings. The molecule has 0 radical (unpaired) electrons. The van der Waals surface area contributed by atoms with E-state index in [9.17, 15) is 4.39 Å². The van der Waals surface area contributed by atoms with Gasteiger partial charge in [-0.1, -0.05) is 55.5 Å². The smallest absolute Gasteiger partial charge is 0.222 e. The molecule has 1 aliphatic heterocycles. The van der Waals surface area contributed by atoms with Gasteiger partial charge in [0, 0.05) is 11.5 Å². The zero-order chi connectivity index (χ0) is 18.4. The third-order valence-corrected chi connectivity index (χ3v) is 4.71. The molecule has 2 nitrogen and oxygen atoms in total. The van der Waals surface area contributed by atoms with Crippen LogP contribution in [0.25, 0.3) is 11.1 Å². The first-order chi connectivity index (χ1) is 12.7. The number of rotatable bonds is 4. The predicted molar refractivity (Wildman–Crippen MR) is 102 cm³/mol. The summed E-state index contributed by atoms with van der Waals surface area (Å²) in [5.41, 5.74) is 2.56. The van der Waals surface area contributed by atoms with Gasteiger partial charge in [-0.3, -0.25) is 0 Å². The van der Waals surface area contributed by atoms with Gasteiger partial charge in [0.15, 0.2) is 0 Å². The SMILES string of the molecule is CCCCC1COC(C#Cc2ccc(-c3ccc(Cl)c(F)c3)cc2)OC1. The highest BCUT2D eigenvalue weighted by Crippen LogP contribution is 2.24. The highest BCUT2D eigenvalue weighted by atomic mass is 35.5. The number of hydrogen-bond donors (Lipinski definition) is 0. The van der Waals surface area contributed by atoms with Crippen LogP contribution in [0.4, 0.5) is 4.39 Å². The van der Waals surface area contributed by atoms with E-state index in [2.05, 4.69) is 18.8 Å². The second kappa shape index (κ2) is 9.19. The molecule has 0 bridgehead atoms. The number of hydrogen-bond acceptors (Lipinski definition) is 2. The van der Waals surface area contributed by atoms with Gasteiger partial charge in [0.1, 0.15) is 5.82 Å². The lowest BCUT2D eigenvalue weighted by Crippen LogP contribution is -2.31. The molecular formula is C22H22ClFO2. The summed E-state index contributed by atoms with van der Waals surface area (Å²) in [7, 11) is 0. The van der Waals surface area contributed by atoms with Gasteiger partial charge in [-0.05, 0) is 47.7 Å². The van der Waals surface area contributed by atoms with Gasteiger partial charge >= 0.3 is 0 Å². The van der Waals surface area contributed by atoms with Crippen molar-refractivity contribution in [2.75, 3.05) is 13.2 Å². The molecule has 0 atom stereocenters. The van der Waals surface area contributed by atoms with Crippen LogP contribution < -0.4 is 0 Å². The Labute approximate surface area is 159 Å². The monoisotopic (exact) mass is 372 g/mol. The van der Waals surface area contributed by atoms with Crippen LogP contribution in [0, 0.1) is 23.6 Å². The fourth-order valence-corrected chi connectivity index (χ4v) is 2.97. The second-order valence-corrected chi connectivity index (χ2v) is 6.89. The maximum Gasteiger partial charge on any atom is 0.222 e. The van der Waals surface area contributed by atoms with Crippen molar-refractivity contribution < 1.29 is 13.9 Å². The lowest BCUT2D eigenvalue weighted by atomic mass is 10.0. The molecule has 0 aromatic heterocycles. The van der Waals surface area contributed by atoms with Crippen LogP contribution in [0.15, 0.2) is 42.5 Å². The highest BCUT2D eigenvalue weighted by Gasteiger charge is 2.20. The number of halogens is 2. The van der Waals surface area contributed by atoms with Gasteiger partial charge in [-0.2, -0.15) is 0 Å². The Bertz CT molecular complexity index is 784. The van der Waals surface area contributed by atoms with E-state index in [1.165, 1.54) is 18.9 Å². The van der Waals surface area contributed by atoms with E-state index < -0.39 is 12.1 Å². The Kier molecular flexibility index (Phi) is 6.68. The molecule has 26 heavy (non-hydrogen) atoms. The van der Waals surface area contributed by atoms with Crippen LogP contribution in [0.2, 0.25) is 5.02 Å². The third kappa shape index (κ3) is 5.08. The normalized spacial score (nSPS) is 19.7. The maximum absolute atomic E-state index is 13.6. The Hall–Kier alpha value is -1.86. The number of ether oxygens (including phenoxy) is 2. The topological polar surface area (TPSA) is 18.5 Å². The molecule has 0 aliphatic carbocycles. The minimum Gasteiger partial charge on any atom is -0.342 e. The summed E-state index contributed by atoms with van der Waals surface area (Å²) in [6.45, 7) is 3.61. The maximum atomic E-state index is 13.6. The van der Waals surface area contributed by atoms with Gasteiger partial charge in [0.05, 0.1) is 18.2 Å². The summed E-state index contributed by atoms with van der Waals surface area (Å²) >= 11 is 5.73. The summed E-state index contributed by atoms with van der Waals surface area (Å²) in [5, 5.41) is 0.126. The van der Waals surface area contributed by atoms with Crippen molar-refractivity contribution in [1.29, 1.82) is 0 Å². The van der Waals surface area contributed by atoms with E-state index in [1.807, 2.05) is 24.3 Å². The lowest BCUT2D eigenvalue weighted by Gasteiger charge is -2.26. The first-order valence-corrected chi connectivity index (χ1v) is 9.33. The molecule has 1 saturated heterocycles. The van der Waals surface area contributed by atoms with Gasteiger partial charge in [-0.15, -0.1) is 0 Å². The van der Waals surface area contributed by atoms with E-state index in [4.69, 9.17) is 21.1 Å². The van der Waals surface area contributed by atoms with Crippen molar-refractivity contribution in [2.45, 2.75) is 32.5 Å². The van der Waals surface area contributed by atoms with Crippen LogP contribution in [0.3, 0.4) is 0 Å². The van der Waals surface area contributed by atoms with E-state index in [0.29, 0.717) is 19.1 Å². The Morgan fingerprint density at radius 1 is 1.08 bits per heavy atom. The summed E-state index contributed by atoms with van der Waals surface area (Å²) in [6, 6.07) is 12.4. The third-order valence-electron chi connectivity index (χ3n) is 4.40. The van der Waals surface area contributed by atoms with Crippen LogP contribution in [0.1, 0.15) is 31.7 Å². The number of benzene rings is 2. The first kappa shape index (κ1) is 18.9. The predicted octanol–water partition coefficient (Wildman–Crippen LogP) is 5.68. The number of unbranched alkanes of at least 4 members (excludes halogenated alkanes) is 1. The van der Waals surface area contributed by atoms with Crippen molar-refractivity contribution in [3.05, 3.63) is 58.9 Å². The van der Waals surface area contributed by atoms with Crippen molar-refractivity contribution >= 4 is 11.6 Å². The molecule has 136 valence electrons. The zero-order valence-electron chi connectivity index (χ0n) is 14.8. The van der Waals surface area contributed by atoms with Crippen LogP contribution in [0.5, 0.6) is 0 Å². The molecule has 2 aromatic carbocycles. The standard InChI is InChI=1S/C22H22ClFO2/c1-2-3-4-17-14-25-22(26-15-17)12-7-16-5-8-18(9-6-16)19-10-11-20(23)21(24)13-19/h5-6,8-11,13,17,22H,2-4,14-15H2,1H3. The summed E-state index contributed by atoms with van der Waals surface area (Å²) in [6.07, 6.45) is 3.08. The molecular weight excluding hydrogens is 351 g/mol. The molecule has 0 unspecified atom stereocenters. The molecule has 4 heteroatoms. The molecule has 0 N–H and O–H groups in total. The lowest BCUT2D eigenvalue weighted by molar-refractivity contribution is -0.170. The molecule has 1 aliphatic rings. The van der Waals surface area contributed by atoms with Gasteiger partial charge in [0.2, 0.25) is 6.29 Å². The van der Waals surface area contributed by atoms with Crippen molar-refractivity contribution in [3.63, 3.8) is 0 Å². The molecule has 0 saturated carbocycles. The second-order valence-electron chi connectivity index (χ2n) is 6.48. The average molecular weight is 373 g/mol. The molecule has 1 heterocycles. The van der Waals surface area contributed by atoms with Gasteiger partial charge in [0.25, 0.3) is 0 Å². The van der Waals surface area contributed by atoms with E-state index in [1.54, 1.807) is 12.1 Å². The largest absolute Gasteiger partial charge is 0.342 e. The minimum atomic E-state index is -0.460. The van der Waals surface area contributed by atoms with Crippen molar-refractivity contribution in [3.8, 4) is 23.0 Å². The molecule has 2 aromatic rings.